The zero-order valence-electron chi connectivity index (χ0n) is 18.5. The van der Waals surface area contributed by atoms with Gasteiger partial charge in [-0.25, -0.2) is 0 Å². The molecule has 0 saturated heterocycles. The Hall–Kier alpha value is -3.14. The van der Waals surface area contributed by atoms with Gasteiger partial charge in [0.05, 0.1) is 11.6 Å². The van der Waals surface area contributed by atoms with Gasteiger partial charge < -0.3 is 32.6 Å². The van der Waals surface area contributed by atoms with E-state index in [0.717, 1.165) is 37.0 Å². The maximum atomic E-state index is 10.9. The molecule has 1 fully saturated rings. The number of nitrogens with zero attached hydrogens (tertiary/aromatic N) is 2. The van der Waals surface area contributed by atoms with Crippen LogP contribution in [-0.2, 0) is 16.0 Å². The number of aliphatic carboxylic acids is 2. The third-order valence-electron chi connectivity index (χ3n) is 5.45. The van der Waals surface area contributed by atoms with Crippen LogP contribution < -0.4 is 17.2 Å². The minimum absolute atomic E-state index is 0.0129. The van der Waals surface area contributed by atoms with E-state index in [1.807, 2.05) is 24.3 Å². The van der Waals surface area contributed by atoms with E-state index in [-0.39, 0.29) is 5.96 Å². The molecule has 1 aliphatic carbocycles. The lowest BCUT2D eigenvalue weighted by molar-refractivity contribution is -0.139. The summed E-state index contributed by atoms with van der Waals surface area (Å²) in [6, 6.07) is 6.91. The largest absolute Gasteiger partial charge is 0.481 e. The van der Waals surface area contributed by atoms with Crippen LogP contribution in [0.25, 0.3) is 0 Å². The van der Waals surface area contributed by atoms with Gasteiger partial charge in [0.25, 0.3) is 0 Å². The van der Waals surface area contributed by atoms with Crippen LogP contribution in [0.3, 0.4) is 0 Å². The van der Waals surface area contributed by atoms with Crippen LogP contribution in [0.5, 0.6) is 0 Å². The Bertz CT molecular complexity index is 790. The molecule has 0 heterocycles. The molecular weight excluding hydrogens is 414 g/mol. The topological polar surface area (TPSA) is 198 Å². The number of guanidine groups is 1. The molecular formula is C22H35N5O5. The molecule has 3 atom stereocenters. The Kier molecular flexibility index (Phi) is 11.8. The summed E-state index contributed by atoms with van der Waals surface area (Å²) in [4.78, 5) is 24.8. The summed E-state index contributed by atoms with van der Waals surface area (Å²) in [5.74, 6) is -1.96. The van der Waals surface area contributed by atoms with Gasteiger partial charge in [-0.15, -0.1) is 0 Å². The van der Waals surface area contributed by atoms with Crippen LogP contribution in [0.1, 0.15) is 62.5 Å². The smallest absolute Gasteiger partial charge is 0.320 e. The van der Waals surface area contributed by atoms with Crippen molar-refractivity contribution in [2.45, 2.75) is 63.8 Å². The first-order valence-corrected chi connectivity index (χ1v) is 10.7. The van der Waals surface area contributed by atoms with Crippen LogP contribution in [0.4, 0.5) is 0 Å². The fourth-order valence-corrected chi connectivity index (χ4v) is 3.43. The van der Waals surface area contributed by atoms with Gasteiger partial charge in [-0.2, -0.15) is 0 Å². The second kappa shape index (κ2) is 14.0. The normalized spacial score (nSPS) is 18.7. The van der Waals surface area contributed by atoms with Crippen LogP contribution in [0, 0.1) is 5.92 Å². The number of carboxylic acids is 2. The van der Waals surface area contributed by atoms with E-state index in [9.17, 15) is 9.59 Å². The number of aliphatic imine (C=N–C) groups is 1. The Labute approximate surface area is 188 Å². The van der Waals surface area contributed by atoms with Crippen LogP contribution in [0.2, 0.25) is 0 Å². The van der Waals surface area contributed by atoms with Crippen molar-refractivity contribution in [1.29, 1.82) is 0 Å². The Morgan fingerprint density at radius 3 is 2.31 bits per heavy atom. The highest BCUT2D eigenvalue weighted by Crippen LogP contribution is 2.26. The summed E-state index contributed by atoms with van der Waals surface area (Å²) >= 11 is 0. The molecule has 0 spiro atoms. The molecule has 10 nitrogen and oxygen atoms in total. The summed E-state index contributed by atoms with van der Waals surface area (Å²) < 4.78 is 0. The van der Waals surface area contributed by atoms with E-state index in [2.05, 4.69) is 10.1 Å². The average Bonchev–Trinajstić information content (AvgIpc) is 2.77. The maximum absolute atomic E-state index is 10.9. The number of hydrogen-bond donors (Lipinski definition) is 6. The SMILES string of the molecule is CC(C(=O)O)c1ccc(CC2CCCCC2=NO)cc1.NC(N)=NCCC[C@H](N)C(=O)O. The molecule has 2 rings (SSSR count). The van der Waals surface area contributed by atoms with Gasteiger partial charge in [0.15, 0.2) is 5.96 Å². The standard InChI is InChI=1S/C16H21NO3.C6H14N4O2/c1-11(16(18)19)13-8-6-12(7-9-13)10-14-4-2-3-5-15(14)17-20;7-4(5(11)12)2-1-3-10-6(8)9/h6-9,11,14,20H,2-5,10H2,1H3,(H,18,19);4H,1-3,7H2,(H,11,12)(H4,8,9,10)/t;4-/m.0/s1. The lowest BCUT2D eigenvalue weighted by Crippen LogP contribution is -2.30. The first-order valence-electron chi connectivity index (χ1n) is 10.7. The van der Waals surface area contributed by atoms with Crippen molar-refractivity contribution in [3.8, 4) is 0 Å². The third-order valence-corrected chi connectivity index (χ3v) is 5.45. The van der Waals surface area contributed by atoms with Crippen LogP contribution in [0.15, 0.2) is 34.4 Å². The summed E-state index contributed by atoms with van der Waals surface area (Å²) in [7, 11) is 0. The molecule has 178 valence electrons. The summed E-state index contributed by atoms with van der Waals surface area (Å²) in [6.45, 7) is 2.11. The molecule has 0 aromatic heterocycles. The fourth-order valence-electron chi connectivity index (χ4n) is 3.43. The van der Waals surface area contributed by atoms with E-state index in [0.29, 0.717) is 25.3 Å². The summed E-state index contributed by atoms with van der Waals surface area (Å²) in [6.07, 6.45) is 6.04. The summed E-state index contributed by atoms with van der Waals surface area (Å²) in [5.41, 5.74) is 18.2. The number of oxime groups is 1. The predicted octanol–water partition coefficient (Wildman–Crippen LogP) is 1.89. The van der Waals surface area contributed by atoms with E-state index in [4.69, 9.17) is 32.6 Å². The number of carboxylic acid groups (broad SMARTS) is 2. The maximum Gasteiger partial charge on any atom is 0.320 e. The van der Waals surface area contributed by atoms with Crippen LogP contribution in [-0.4, -0.2) is 51.6 Å². The third kappa shape index (κ3) is 9.78. The monoisotopic (exact) mass is 449 g/mol. The first kappa shape index (κ1) is 26.9. The molecule has 0 amide bonds. The van der Waals surface area contributed by atoms with E-state index < -0.39 is 23.9 Å². The number of nitrogens with two attached hydrogens (primary N) is 3. The van der Waals surface area contributed by atoms with Crippen molar-refractivity contribution >= 4 is 23.6 Å². The van der Waals surface area contributed by atoms with Gasteiger partial charge in [-0.05, 0) is 56.6 Å². The molecule has 1 aromatic carbocycles. The van der Waals surface area contributed by atoms with Gasteiger partial charge in [0.1, 0.15) is 6.04 Å². The molecule has 1 saturated carbocycles. The van der Waals surface area contributed by atoms with Crippen molar-refractivity contribution < 1.29 is 25.0 Å². The minimum atomic E-state index is -1.00. The number of benzene rings is 1. The molecule has 0 radical (unpaired) electrons. The van der Waals surface area contributed by atoms with Crippen molar-refractivity contribution in [3.63, 3.8) is 0 Å². The molecule has 32 heavy (non-hydrogen) atoms. The predicted molar refractivity (Wildman–Crippen MR) is 123 cm³/mol. The molecule has 0 aliphatic heterocycles. The second-order valence-corrected chi connectivity index (χ2v) is 7.93. The zero-order chi connectivity index (χ0) is 24.1. The number of hydrogen-bond acceptors (Lipinski definition) is 6. The lowest BCUT2D eigenvalue weighted by atomic mass is 9.83. The number of carbonyl (C=O) groups is 2. The average molecular weight is 450 g/mol. The van der Waals surface area contributed by atoms with Gasteiger partial charge in [-0.1, -0.05) is 35.8 Å². The molecule has 1 aromatic rings. The van der Waals surface area contributed by atoms with Crippen LogP contribution >= 0.6 is 0 Å². The highest BCUT2D eigenvalue weighted by atomic mass is 16.4. The van der Waals surface area contributed by atoms with Gasteiger partial charge >= 0.3 is 11.9 Å². The Balaban J connectivity index is 0.000000368. The minimum Gasteiger partial charge on any atom is -0.481 e. The van der Waals surface area contributed by atoms with Crippen molar-refractivity contribution in [3.05, 3.63) is 35.4 Å². The van der Waals surface area contributed by atoms with Crippen molar-refractivity contribution in [1.82, 2.24) is 0 Å². The molecule has 2 unspecified atom stereocenters. The molecule has 10 heteroatoms. The quantitative estimate of drug-likeness (QED) is 0.108. The first-order chi connectivity index (χ1) is 15.1. The van der Waals surface area contributed by atoms with Crippen molar-refractivity contribution in [2.24, 2.45) is 33.3 Å². The lowest BCUT2D eigenvalue weighted by Gasteiger charge is -2.23. The highest BCUT2D eigenvalue weighted by molar-refractivity contribution is 5.87. The zero-order valence-corrected chi connectivity index (χ0v) is 18.5. The van der Waals surface area contributed by atoms with Gasteiger partial charge in [0, 0.05) is 12.5 Å². The Morgan fingerprint density at radius 2 is 1.78 bits per heavy atom. The Morgan fingerprint density at radius 1 is 1.12 bits per heavy atom. The van der Waals surface area contributed by atoms with E-state index in [1.54, 1.807) is 6.92 Å². The highest BCUT2D eigenvalue weighted by Gasteiger charge is 2.21. The van der Waals surface area contributed by atoms with Crippen molar-refractivity contribution in [2.75, 3.05) is 6.54 Å². The summed E-state index contributed by atoms with van der Waals surface area (Å²) in [5, 5.41) is 29.8. The fraction of sp³-hybridized carbons (Fsp3) is 0.545. The molecule has 9 N–H and O–H groups in total. The molecule has 1 aliphatic rings. The van der Waals surface area contributed by atoms with E-state index in [1.165, 1.54) is 12.0 Å². The van der Waals surface area contributed by atoms with E-state index >= 15 is 0 Å². The van der Waals surface area contributed by atoms with Gasteiger partial charge in [-0.3, -0.25) is 14.6 Å². The molecule has 0 bridgehead atoms. The number of rotatable bonds is 9. The van der Waals surface area contributed by atoms with Gasteiger partial charge in [0.2, 0.25) is 0 Å². The second-order valence-electron chi connectivity index (χ2n) is 7.93.